The lowest BCUT2D eigenvalue weighted by molar-refractivity contribution is -0.0273. The van der Waals surface area contributed by atoms with Crippen molar-refractivity contribution < 1.29 is 14.0 Å². The molecule has 6 rings (SSSR count). The molecule has 172 valence electrons. The van der Waals surface area contributed by atoms with Crippen molar-refractivity contribution >= 4 is 17.0 Å². The molecule has 0 saturated carbocycles. The van der Waals surface area contributed by atoms with Crippen LogP contribution in [0.2, 0.25) is 0 Å². The molecule has 0 unspecified atom stereocenters. The zero-order valence-electron chi connectivity index (χ0n) is 18.3. The van der Waals surface area contributed by atoms with Gasteiger partial charge in [0.2, 0.25) is 0 Å². The van der Waals surface area contributed by atoms with Crippen LogP contribution in [0.3, 0.4) is 0 Å². The van der Waals surface area contributed by atoms with E-state index in [0.29, 0.717) is 11.1 Å². The van der Waals surface area contributed by atoms with Crippen LogP contribution >= 0.6 is 0 Å². The Morgan fingerprint density at radius 2 is 1.82 bits per heavy atom. The number of nitrogens with zero attached hydrogens (tertiary/aromatic N) is 6. The van der Waals surface area contributed by atoms with E-state index in [1.165, 1.54) is 11.8 Å². The van der Waals surface area contributed by atoms with Gasteiger partial charge in [0, 0.05) is 80.2 Å². The SMILES string of the molecule is O/N=C(\c1ccc(F)c(F)c1)c1ccc(CN2CC3(C2)CN(c2ccn4ccnc4c2)C3)cn1. The van der Waals surface area contributed by atoms with Crippen LogP contribution < -0.4 is 4.90 Å². The van der Waals surface area contributed by atoms with E-state index in [1.54, 1.807) is 12.3 Å². The van der Waals surface area contributed by atoms with Gasteiger partial charge < -0.3 is 14.5 Å². The molecule has 2 fully saturated rings. The first-order chi connectivity index (χ1) is 16.5. The van der Waals surface area contributed by atoms with Crippen molar-refractivity contribution in [3.8, 4) is 0 Å². The maximum Gasteiger partial charge on any atom is 0.159 e. The van der Waals surface area contributed by atoms with Crippen LogP contribution in [-0.4, -0.2) is 56.4 Å². The van der Waals surface area contributed by atoms with Crippen LogP contribution in [0.4, 0.5) is 14.5 Å². The van der Waals surface area contributed by atoms with Crippen molar-refractivity contribution in [3.05, 3.63) is 95.7 Å². The topological polar surface area (TPSA) is 69.3 Å². The lowest BCUT2D eigenvalue weighted by Crippen LogP contribution is -2.71. The highest BCUT2D eigenvalue weighted by Gasteiger charge is 2.51. The number of anilines is 1. The molecule has 0 amide bonds. The second-order valence-electron chi connectivity index (χ2n) is 9.21. The van der Waals surface area contributed by atoms with Gasteiger partial charge in [-0.2, -0.15) is 0 Å². The van der Waals surface area contributed by atoms with Crippen molar-refractivity contribution in [2.75, 3.05) is 31.1 Å². The molecule has 1 spiro atoms. The Morgan fingerprint density at radius 3 is 2.56 bits per heavy atom. The lowest BCUT2D eigenvalue weighted by Gasteiger charge is -2.61. The quantitative estimate of drug-likeness (QED) is 0.280. The van der Waals surface area contributed by atoms with Crippen LogP contribution in [0.1, 0.15) is 16.8 Å². The van der Waals surface area contributed by atoms with Crippen LogP contribution in [0.25, 0.3) is 5.65 Å². The van der Waals surface area contributed by atoms with E-state index in [0.717, 1.165) is 56.1 Å². The average molecular weight is 460 g/mol. The number of benzene rings is 1. The summed E-state index contributed by atoms with van der Waals surface area (Å²) in [5, 5.41) is 12.7. The smallest absolute Gasteiger partial charge is 0.159 e. The van der Waals surface area contributed by atoms with Crippen LogP contribution in [-0.2, 0) is 6.54 Å². The average Bonchev–Trinajstić information content (AvgIpc) is 3.26. The molecule has 2 aliphatic heterocycles. The van der Waals surface area contributed by atoms with Crippen LogP contribution in [0, 0.1) is 17.0 Å². The van der Waals surface area contributed by atoms with E-state index in [2.05, 4.69) is 37.1 Å². The predicted molar refractivity (Wildman–Crippen MR) is 123 cm³/mol. The molecule has 34 heavy (non-hydrogen) atoms. The normalized spacial score (nSPS) is 17.7. The number of hydrogen-bond acceptors (Lipinski definition) is 6. The second-order valence-corrected chi connectivity index (χ2v) is 9.21. The van der Waals surface area contributed by atoms with Gasteiger partial charge in [-0.15, -0.1) is 0 Å². The molecule has 2 saturated heterocycles. The van der Waals surface area contributed by atoms with Crippen molar-refractivity contribution in [1.82, 2.24) is 19.3 Å². The van der Waals surface area contributed by atoms with Crippen molar-refractivity contribution in [2.45, 2.75) is 6.54 Å². The molecule has 0 atom stereocenters. The summed E-state index contributed by atoms with van der Waals surface area (Å²) in [6, 6.07) is 11.3. The molecule has 0 radical (unpaired) electrons. The van der Waals surface area contributed by atoms with Crippen LogP contribution in [0.5, 0.6) is 0 Å². The minimum absolute atomic E-state index is 0.0939. The third kappa shape index (κ3) is 3.58. The summed E-state index contributed by atoms with van der Waals surface area (Å²) in [5.41, 5.74) is 4.31. The summed E-state index contributed by atoms with van der Waals surface area (Å²) in [6.45, 7) is 4.94. The molecule has 1 N–H and O–H groups in total. The summed E-state index contributed by atoms with van der Waals surface area (Å²) < 4.78 is 28.8. The molecule has 0 bridgehead atoms. The van der Waals surface area contributed by atoms with Crippen molar-refractivity contribution in [2.24, 2.45) is 10.6 Å². The van der Waals surface area contributed by atoms with Gasteiger partial charge in [0.05, 0.1) is 5.69 Å². The molecular weight excluding hydrogens is 438 g/mol. The molecule has 7 nitrogen and oxygen atoms in total. The zero-order valence-corrected chi connectivity index (χ0v) is 18.3. The fourth-order valence-corrected chi connectivity index (χ4v) is 5.07. The lowest BCUT2D eigenvalue weighted by atomic mass is 9.72. The molecule has 9 heteroatoms. The Balaban J connectivity index is 1.05. The molecule has 0 aliphatic carbocycles. The summed E-state index contributed by atoms with van der Waals surface area (Å²) in [5.74, 6) is -1.95. The number of pyridine rings is 2. The zero-order chi connectivity index (χ0) is 23.3. The molecular formula is C25H22F2N6O. The Bertz CT molecular complexity index is 1390. The van der Waals surface area contributed by atoms with Gasteiger partial charge >= 0.3 is 0 Å². The van der Waals surface area contributed by atoms with Gasteiger partial charge in [-0.3, -0.25) is 9.88 Å². The third-order valence-corrected chi connectivity index (χ3v) is 6.68. The highest BCUT2D eigenvalue weighted by atomic mass is 19.2. The molecule has 3 aromatic heterocycles. The van der Waals surface area contributed by atoms with Gasteiger partial charge in [-0.25, -0.2) is 13.8 Å². The largest absolute Gasteiger partial charge is 0.410 e. The maximum absolute atomic E-state index is 13.6. The summed E-state index contributed by atoms with van der Waals surface area (Å²) in [7, 11) is 0. The summed E-state index contributed by atoms with van der Waals surface area (Å²) in [6.07, 6.45) is 7.54. The minimum atomic E-state index is -1.00. The predicted octanol–water partition coefficient (Wildman–Crippen LogP) is 3.56. The number of likely N-dealkylation sites (tertiary alicyclic amines) is 1. The molecule has 4 aromatic rings. The highest BCUT2D eigenvalue weighted by Crippen LogP contribution is 2.42. The maximum atomic E-state index is 13.6. The number of aromatic nitrogens is 3. The monoisotopic (exact) mass is 460 g/mol. The van der Waals surface area contributed by atoms with E-state index in [9.17, 15) is 14.0 Å². The molecule has 5 heterocycles. The Morgan fingerprint density at radius 1 is 0.971 bits per heavy atom. The van der Waals surface area contributed by atoms with E-state index >= 15 is 0 Å². The fourth-order valence-electron chi connectivity index (χ4n) is 5.07. The van der Waals surface area contributed by atoms with Gasteiger partial charge in [-0.05, 0) is 35.9 Å². The molecule has 2 aliphatic rings. The van der Waals surface area contributed by atoms with Crippen LogP contribution in [0.15, 0.2) is 72.4 Å². The van der Waals surface area contributed by atoms with E-state index in [1.807, 2.05) is 29.1 Å². The first-order valence-electron chi connectivity index (χ1n) is 11.0. The Kier molecular flexibility index (Phi) is 4.80. The van der Waals surface area contributed by atoms with Gasteiger partial charge in [0.1, 0.15) is 11.4 Å². The number of oxime groups is 1. The molecule has 1 aromatic carbocycles. The van der Waals surface area contributed by atoms with Crippen molar-refractivity contribution in [3.63, 3.8) is 0 Å². The number of rotatable bonds is 5. The van der Waals surface area contributed by atoms with Crippen molar-refractivity contribution in [1.29, 1.82) is 0 Å². The van der Waals surface area contributed by atoms with Gasteiger partial charge in [-0.1, -0.05) is 11.2 Å². The summed E-state index contributed by atoms with van der Waals surface area (Å²) in [4.78, 5) is 13.5. The number of fused-ring (bicyclic) bond motifs is 1. The highest BCUT2D eigenvalue weighted by molar-refractivity contribution is 6.11. The Labute approximate surface area is 194 Å². The first-order valence-corrected chi connectivity index (χ1v) is 11.0. The number of imidazole rings is 1. The van der Waals surface area contributed by atoms with E-state index in [4.69, 9.17) is 0 Å². The van der Waals surface area contributed by atoms with Gasteiger partial charge in [0.15, 0.2) is 11.6 Å². The summed E-state index contributed by atoms with van der Waals surface area (Å²) >= 11 is 0. The second kappa shape index (κ2) is 7.88. The third-order valence-electron chi connectivity index (χ3n) is 6.68. The van der Waals surface area contributed by atoms with E-state index in [-0.39, 0.29) is 11.3 Å². The standard InChI is InChI=1S/C25H22F2N6O/c26-20-3-2-18(9-21(20)27)24(30-34)22-4-1-17(11-29-22)12-31-13-25(14-31)15-33(16-25)19-5-7-32-8-6-28-23(32)10-19/h1-11,34H,12-16H2/b30-24+. The van der Waals surface area contributed by atoms with E-state index < -0.39 is 11.6 Å². The minimum Gasteiger partial charge on any atom is -0.410 e. The fraction of sp³-hybridized carbons (Fsp3) is 0.240. The number of hydrogen-bond donors (Lipinski definition) is 1. The Hall–Kier alpha value is -3.85. The first kappa shape index (κ1) is 20.7. The van der Waals surface area contributed by atoms with Gasteiger partial charge in [0.25, 0.3) is 0 Å². The number of halogens is 2.